The Balaban J connectivity index is 1.42. The summed E-state index contributed by atoms with van der Waals surface area (Å²) in [7, 11) is 0. The van der Waals surface area contributed by atoms with Crippen LogP contribution in [0.4, 0.5) is 18.9 Å². The molecule has 1 aliphatic heterocycles. The van der Waals surface area contributed by atoms with Gasteiger partial charge in [0.2, 0.25) is 0 Å². The molecule has 0 radical (unpaired) electrons. The van der Waals surface area contributed by atoms with Gasteiger partial charge in [-0.25, -0.2) is 0 Å². The molecule has 0 saturated heterocycles. The zero-order valence-corrected chi connectivity index (χ0v) is 17.4. The van der Waals surface area contributed by atoms with Gasteiger partial charge in [-0.05, 0) is 47.5 Å². The molecule has 1 heterocycles. The zero-order valence-electron chi connectivity index (χ0n) is 17.4. The molecule has 1 N–H and O–H groups in total. The molecule has 0 atom stereocenters. The summed E-state index contributed by atoms with van der Waals surface area (Å²) in [5.41, 5.74) is 2.48. The lowest BCUT2D eigenvalue weighted by Gasteiger charge is -2.17. The Morgan fingerprint density at radius 1 is 0.970 bits per heavy atom. The Labute approximate surface area is 188 Å². The Bertz CT molecular complexity index is 1170. The van der Waals surface area contributed by atoms with Crippen LogP contribution in [0.2, 0.25) is 0 Å². The van der Waals surface area contributed by atoms with Crippen LogP contribution in [0, 0.1) is 0 Å². The fourth-order valence-electron chi connectivity index (χ4n) is 3.76. The second-order valence-electron chi connectivity index (χ2n) is 7.70. The molecule has 0 unspecified atom stereocenters. The molecule has 3 aromatic carbocycles. The number of carbonyl (C=O) groups is 2. The minimum absolute atomic E-state index is 0.0314. The number of fused-ring (bicyclic) bond motifs is 1. The van der Waals surface area contributed by atoms with Crippen molar-refractivity contribution in [1.82, 2.24) is 0 Å². The van der Waals surface area contributed by atoms with Crippen LogP contribution in [-0.2, 0) is 30.4 Å². The summed E-state index contributed by atoms with van der Waals surface area (Å²) in [5, 5.41) is 8.84. The number of halogens is 3. The molecule has 5 nitrogen and oxygen atoms in total. The molecule has 0 saturated carbocycles. The van der Waals surface area contributed by atoms with Gasteiger partial charge >= 0.3 is 12.1 Å². The van der Waals surface area contributed by atoms with Gasteiger partial charge in [0.25, 0.3) is 5.91 Å². The van der Waals surface area contributed by atoms with E-state index in [4.69, 9.17) is 9.84 Å². The Kier molecular flexibility index (Phi) is 6.09. The minimum Gasteiger partial charge on any atom is -0.493 e. The highest BCUT2D eigenvalue weighted by molar-refractivity contribution is 6.10. The van der Waals surface area contributed by atoms with Gasteiger partial charge in [0.15, 0.2) is 0 Å². The number of carboxylic acids is 1. The number of hydrogen-bond donors (Lipinski definition) is 1. The maximum absolute atomic E-state index is 12.8. The number of carbonyl (C=O) groups excluding carboxylic acids is 1. The molecule has 4 rings (SSSR count). The number of benzene rings is 3. The maximum Gasteiger partial charge on any atom is 0.416 e. The number of carboxylic acid groups (broad SMARTS) is 1. The van der Waals surface area contributed by atoms with Crippen LogP contribution in [0.5, 0.6) is 5.75 Å². The number of ether oxygens (including phenoxy) is 1. The average Bonchev–Trinajstić information content (AvgIpc) is 3.11. The molecule has 0 aliphatic carbocycles. The lowest BCUT2D eigenvalue weighted by atomic mass is 10.1. The van der Waals surface area contributed by atoms with E-state index in [2.05, 4.69) is 0 Å². The zero-order chi connectivity index (χ0) is 23.6. The lowest BCUT2D eigenvalue weighted by Crippen LogP contribution is -2.23. The van der Waals surface area contributed by atoms with Gasteiger partial charge in [0.1, 0.15) is 5.75 Å². The molecular formula is C25H20F3NO4. The summed E-state index contributed by atoms with van der Waals surface area (Å²) in [6.45, 7) is 0.558. The monoisotopic (exact) mass is 455 g/mol. The van der Waals surface area contributed by atoms with Crippen molar-refractivity contribution in [3.8, 4) is 5.75 Å². The van der Waals surface area contributed by atoms with Gasteiger partial charge in [-0.3, -0.25) is 9.59 Å². The summed E-state index contributed by atoms with van der Waals surface area (Å²) in [6, 6.07) is 16.9. The Morgan fingerprint density at radius 2 is 1.64 bits per heavy atom. The summed E-state index contributed by atoms with van der Waals surface area (Å²) in [6.07, 6.45) is -3.88. The van der Waals surface area contributed by atoms with Crippen LogP contribution >= 0.6 is 0 Å². The van der Waals surface area contributed by atoms with E-state index in [1.807, 2.05) is 12.1 Å². The fourth-order valence-corrected chi connectivity index (χ4v) is 3.76. The van der Waals surface area contributed by atoms with Crippen LogP contribution < -0.4 is 9.64 Å². The van der Waals surface area contributed by atoms with Crippen molar-refractivity contribution in [1.29, 1.82) is 0 Å². The van der Waals surface area contributed by atoms with Crippen LogP contribution in [0.15, 0.2) is 66.7 Å². The number of rotatable bonds is 7. The topological polar surface area (TPSA) is 66.8 Å². The van der Waals surface area contributed by atoms with Gasteiger partial charge in [-0.15, -0.1) is 0 Å². The van der Waals surface area contributed by atoms with E-state index < -0.39 is 17.7 Å². The normalized spacial score (nSPS) is 13.2. The summed E-state index contributed by atoms with van der Waals surface area (Å²) >= 11 is 0. The van der Waals surface area contributed by atoms with Gasteiger partial charge < -0.3 is 14.7 Å². The highest BCUT2D eigenvalue weighted by Gasteiger charge is 2.33. The smallest absolute Gasteiger partial charge is 0.416 e. The van der Waals surface area contributed by atoms with E-state index in [0.717, 1.165) is 23.3 Å². The highest BCUT2D eigenvalue weighted by atomic mass is 19.4. The van der Waals surface area contributed by atoms with Crippen molar-refractivity contribution in [3.63, 3.8) is 0 Å². The van der Waals surface area contributed by atoms with Crippen LogP contribution in [0.25, 0.3) is 0 Å². The first-order valence-electron chi connectivity index (χ1n) is 10.3. The first-order chi connectivity index (χ1) is 15.7. The van der Waals surface area contributed by atoms with Crippen LogP contribution in [0.3, 0.4) is 0 Å². The van der Waals surface area contributed by atoms with Gasteiger partial charge in [0, 0.05) is 23.2 Å². The number of hydrogen-bond acceptors (Lipinski definition) is 3. The number of aliphatic carboxylic acids is 1. The molecule has 0 bridgehead atoms. The van der Waals surface area contributed by atoms with Gasteiger partial charge in [-0.1, -0.05) is 30.3 Å². The van der Waals surface area contributed by atoms with E-state index >= 15 is 0 Å². The predicted molar refractivity (Wildman–Crippen MR) is 115 cm³/mol. The average molecular weight is 455 g/mol. The first kappa shape index (κ1) is 22.4. The van der Waals surface area contributed by atoms with E-state index in [9.17, 15) is 22.8 Å². The van der Waals surface area contributed by atoms with Crippen molar-refractivity contribution in [3.05, 3.63) is 94.5 Å². The van der Waals surface area contributed by atoms with E-state index in [0.29, 0.717) is 35.6 Å². The molecule has 1 amide bonds. The van der Waals surface area contributed by atoms with Crippen LogP contribution in [-0.4, -0.2) is 23.6 Å². The third-order valence-electron chi connectivity index (χ3n) is 5.46. The molecule has 8 heteroatoms. The number of anilines is 1. The standard InChI is InChI=1S/C25H20F3NO4/c26-25(27,28)18-8-10-19(11-9-18)29-15-21-20(24(29)32)2-1-3-22(21)33-13-12-16-4-6-17(7-5-16)14-23(30)31/h1-11H,12-15H2,(H,30,31). The molecule has 0 aromatic heterocycles. The molecule has 1 aliphatic rings. The lowest BCUT2D eigenvalue weighted by molar-refractivity contribution is -0.138. The molecule has 170 valence electrons. The van der Waals surface area contributed by atoms with E-state index in [-0.39, 0.29) is 18.9 Å². The second-order valence-corrected chi connectivity index (χ2v) is 7.70. The summed E-state index contributed by atoms with van der Waals surface area (Å²) < 4.78 is 44.4. The van der Waals surface area contributed by atoms with Crippen molar-refractivity contribution in [2.24, 2.45) is 0 Å². The Morgan fingerprint density at radius 3 is 2.27 bits per heavy atom. The largest absolute Gasteiger partial charge is 0.493 e. The third kappa shape index (κ3) is 5.00. The predicted octanol–water partition coefficient (Wildman–Crippen LogP) is 5.11. The van der Waals surface area contributed by atoms with Gasteiger partial charge in [-0.2, -0.15) is 13.2 Å². The molecule has 0 spiro atoms. The Hall–Kier alpha value is -3.81. The third-order valence-corrected chi connectivity index (χ3v) is 5.46. The fraction of sp³-hybridized carbons (Fsp3) is 0.200. The first-order valence-corrected chi connectivity index (χ1v) is 10.3. The second kappa shape index (κ2) is 8.97. The summed E-state index contributed by atoms with van der Waals surface area (Å²) in [5.74, 6) is -0.620. The minimum atomic E-state index is -4.44. The summed E-state index contributed by atoms with van der Waals surface area (Å²) in [4.78, 5) is 25.0. The van der Waals surface area contributed by atoms with Crippen molar-refractivity contribution < 1.29 is 32.6 Å². The quantitative estimate of drug-likeness (QED) is 0.538. The van der Waals surface area contributed by atoms with E-state index in [1.165, 1.54) is 17.0 Å². The van der Waals surface area contributed by atoms with Crippen molar-refractivity contribution >= 4 is 17.6 Å². The van der Waals surface area contributed by atoms with Gasteiger partial charge in [0.05, 0.1) is 25.1 Å². The number of alkyl halides is 3. The highest BCUT2D eigenvalue weighted by Crippen LogP contribution is 2.36. The SMILES string of the molecule is O=C(O)Cc1ccc(CCOc2cccc3c2CN(c2ccc(C(F)(F)F)cc2)C3=O)cc1. The van der Waals surface area contributed by atoms with Crippen LogP contribution in [0.1, 0.15) is 32.6 Å². The number of nitrogens with zero attached hydrogens (tertiary/aromatic N) is 1. The van der Waals surface area contributed by atoms with Crippen molar-refractivity contribution in [2.75, 3.05) is 11.5 Å². The van der Waals surface area contributed by atoms with Crippen molar-refractivity contribution in [2.45, 2.75) is 25.6 Å². The molecule has 3 aromatic rings. The van der Waals surface area contributed by atoms with E-state index in [1.54, 1.807) is 30.3 Å². The maximum atomic E-state index is 12.8. The molecule has 33 heavy (non-hydrogen) atoms. The number of amides is 1. The molecule has 0 fully saturated rings. The molecular weight excluding hydrogens is 435 g/mol.